The number of aryl methyl sites for hydroxylation is 2. The fourth-order valence-electron chi connectivity index (χ4n) is 1.60. The smallest absolute Gasteiger partial charge is 0.0550 e. The highest BCUT2D eigenvalue weighted by atomic mass is 14.7. The van der Waals surface area contributed by atoms with Crippen LogP contribution in [0.2, 0.25) is 0 Å². The van der Waals surface area contributed by atoms with Gasteiger partial charge in [0.05, 0.1) is 11.4 Å². The van der Waals surface area contributed by atoms with Gasteiger partial charge in [0.15, 0.2) is 0 Å². The van der Waals surface area contributed by atoms with E-state index in [4.69, 9.17) is 11.5 Å². The lowest BCUT2D eigenvalue weighted by molar-refractivity contribution is 0.914. The Bertz CT molecular complexity index is 466. The van der Waals surface area contributed by atoms with Crippen molar-refractivity contribution in [2.24, 2.45) is 0 Å². The minimum absolute atomic E-state index is 0.640. The number of benzene rings is 1. The molecular formula is C13H15N3. The number of anilines is 2. The van der Waals surface area contributed by atoms with E-state index in [1.54, 1.807) is 0 Å². The third-order valence-corrected chi connectivity index (χ3v) is 2.55. The molecule has 1 aromatic carbocycles. The van der Waals surface area contributed by atoms with Crippen molar-refractivity contribution >= 4 is 11.4 Å². The van der Waals surface area contributed by atoms with Crippen LogP contribution in [0.5, 0.6) is 0 Å². The van der Waals surface area contributed by atoms with E-state index in [0.29, 0.717) is 11.4 Å². The number of nitrogens with zero attached hydrogens (tertiary/aromatic N) is 1. The number of nitrogen functional groups attached to an aromatic ring is 2. The Morgan fingerprint density at radius 2 is 1.81 bits per heavy atom. The van der Waals surface area contributed by atoms with Crippen LogP contribution in [0.25, 0.3) is 0 Å². The molecule has 4 N–H and O–H groups in total. The van der Waals surface area contributed by atoms with Crippen LogP contribution in [0.1, 0.15) is 11.3 Å². The zero-order valence-electron chi connectivity index (χ0n) is 9.06. The molecule has 16 heavy (non-hydrogen) atoms. The van der Waals surface area contributed by atoms with Crippen molar-refractivity contribution in [3.05, 3.63) is 53.9 Å². The van der Waals surface area contributed by atoms with E-state index in [1.165, 1.54) is 5.56 Å². The molecule has 0 unspecified atom stereocenters. The standard InChI is InChI=1S/C13H15N3/c14-12-7-5-10(9-13(12)15)4-6-11-3-1-2-8-16-11/h1-3,5,7-9H,4,6,14-15H2. The Morgan fingerprint density at radius 3 is 2.50 bits per heavy atom. The molecule has 0 spiro atoms. The fourth-order valence-corrected chi connectivity index (χ4v) is 1.60. The highest BCUT2D eigenvalue weighted by Gasteiger charge is 1.99. The number of hydrogen-bond donors (Lipinski definition) is 2. The van der Waals surface area contributed by atoms with Crippen LogP contribution < -0.4 is 11.5 Å². The summed E-state index contributed by atoms with van der Waals surface area (Å²) in [6, 6.07) is 11.7. The summed E-state index contributed by atoms with van der Waals surface area (Å²) in [6.45, 7) is 0. The number of pyridine rings is 1. The SMILES string of the molecule is Nc1ccc(CCc2ccccn2)cc1N. The molecule has 82 valence electrons. The topological polar surface area (TPSA) is 64.9 Å². The largest absolute Gasteiger partial charge is 0.397 e. The van der Waals surface area contributed by atoms with E-state index >= 15 is 0 Å². The molecule has 0 saturated carbocycles. The predicted molar refractivity (Wildman–Crippen MR) is 66.9 cm³/mol. The van der Waals surface area contributed by atoms with Gasteiger partial charge in [0.1, 0.15) is 0 Å². The van der Waals surface area contributed by atoms with Gasteiger partial charge in [-0.2, -0.15) is 0 Å². The zero-order valence-corrected chi connectivity index (χ0v) is 9.06. The average molecular weight is 213 g/mol. The number of aromatic nitrogens is 1. The number of hydrogen-bond acceptors (Lipinski definition) is 3. The van der Waals surface area contributed by atoms with Crippen LogP contribution in [-0.4, -0.2) is 4.98 Å². The van der Waals surface area contributed by atoms with Crippen molar-refractivity contribution in [2.45, 2.75) is 12.8 Å². The molecule has 0 aliphatic carbocycles. The third-order valence-electron chi connectivity index (χ3n) is 2.55. The van der Waals surface area contributed by atoms with E-state index in [9.17, 15) is 0 Å². The van der Waals surface area contributed by atoms with Gasteiger partial charge in [0.25, 0.3) is 0 Å². The van der Waals surface area contributed by atoms with Crippen molar-refractivity contribution in [1.82, 2.24) is 4.98 Å². The van der Waals surface area contributed by atoms with Gasteiger partial charge < -0.3 is 11.5 Å². The molecule has 0 aliphatic heterocycles. The fraction of sp³-hybridized carbons (Fsp3) is 0.154. The molecule has 2 rings (SSSR count). The van der Waals surface area contributed by atoms with Gasteiger partial charge >= 0.3 is 0 Å². The monoisotopic (exact) mass is 213 g/mol. The maximum Gasteiger partial charge on any atom is 0.0550 e. The van der Waals surface area contributed by atoms with Gasteiger partial charge in [-0.3, -0.25) is 4.98 Å². The second-order valence-corrected chi connectivity index (χ2v) is 3.78. The second-order valence-electron chi connectivity index (χ2n) is 3.78. The zero-order chi connectivity index (χ0) is 11.4. The Labute approximate surface area is 95.1 Å². The molecule has 1 heterocycles. The third kappa shape index (κ3) is 2.51. The molecule has 3 heteroatoms. The minimum atomic E-state index is 0.640. The van der Waals surface area contributed by atoms with Crippen LogP contribution >= 0.6 is 0 Å². The highest BCUT2D eigenvalue weighted by molar-refractivity contribution is 5.63. The van der Waals surface area contributed by atoms with Crippen molar-refractivity contribution in [1.29, 1.82) is 0 Å². The van der Waals surface area contributed by atoms with Crippen LogP contribution in [0.15, 0.2) is 42.6 Å². The van der Waals surface area contributed by atoms with E-state index in [-0.39, 0.29) is 0 Å². The van der Waals surface area contributed by atoms with Gasteiger partial charge in [-0.1, -0.05) is 12.1 Å². The van der Waals surface area contributed by atoms with Gasteiger partial charge in [0.2, 0.25) is 0 Å². The first-order valence-electron chi connectivity index (χ1n) is 5.29. The van der Waals surface area contributed by atoms with Crippen LogP contribution in [0.3, 0.4) is 0 Å². The maximum absolute atomic E-state index is 5.75. The maximum atomic E-state index is 5.75. The molecule has 0 fully saturated rings. The molecule has 3 nitrogen and oxygen atoms in total. The second kappa shape index (κ2) is 4.66. The Balaban J connectivity index is 2.03. The highest BCUT2D eigenvalue weighted by Crippen LogP contribution is 2.17. The van der Waals surface area contributed by atoms with Crippen molar-refractivity contribution in [3.8, 4) is 0 Å². The van der Waals surface area contributed by atoms with Crippen molar-refractivity contribution in [2.75, 3.05) is 11.5 Å². The quantitative estimate of drug-likeness (QED) is 0.767. The summed E-state index contributed by atoms with van der Waals surface area (Å²) in [7, 11) is 0. The van der Waals surface area contributed by atoms with Crippen molar-refractivity contribution < 1.29 is 0 Å². The van der Waals surface area contributed by atoms with E-state index < -0.39 is 0 Å². The Hall–Kier alpha value is -2.03. The minimum Gasteiger partial charge on any atom is -0.397 e. The summed E-state index contributed by atoms with van der Waals surface area (Å²) in [4.78, 5) is 4.28. The summed E-state index contributed by atoms with van der Waals surface area (Å²) in [5.41, 5.74) is 15.0. The number of rotatable bonds is 3. The molecule has 0 radical (unpaired) electrons. The predicted octanol–water partition coefficient (Wildman–Crippen LogP) is 2.03. The first-order chi connectivity index (χ1) is 7.75. The average Bonchev–Trinajstić information content (AvgIpc) is 2.32. The van der Waals surface area contributed by atoms with Gasteiger partial charge in [-0.25, -0.2) is 0 Å². The lowest BCUT2D eigenvalue weighted by Gasteiger charge is -2.04. The molecule has 0 saturated heterocycles. The summed E-state index contributed by atoms with van der Waals surface area (Å²) in [6.07, 6.45) is 3.67. The molecule has 1 aromatic heterocycles. The Kier molecular flexibility index (Phi) is 3.05. The molecule has 0 atom stereocenters. The summed E-state index contributed by atoms with van der Waals surface area (Å²) in [5, 5.41) is 0. The van der Waals surface area contributed by atoms with E-state index in [2.05, 4.69) is 4.98 Å². The molecule has 0 amide bonds. The first-order valence-corrected chi connectivity index (χ1v) is 5.29. The van der Waals surface area contributed by atoms with E-state index in [1.807, 2.05) is 42.6 Å². The number of nitrogens with two attached hydrogens (primary N) is 2. The molecule has 0 aliphatic rings. The Morgan fingerprint density at radius 1 is 0.938 bits per heavy atom. The lowest BCUT2D eigenvalue weighted by Crippen LogP contribution is -1.98. The first kappa shape index (κ1) is 10.5. The summed E-state index contributed by atoms with van der Waals surface area (Å²) in [5.74, 6) is 0. The summed E-state index contributed by atoms with van der Waals surface area (Å²) >= 11 is 0. The van der Waals surface area contributed by atoms with Gasteiger partial charge in [-0.05, 0) is 42.7 Å². The van der Waals surface area contributed by atoms with Crippen LogP contribution in [-0.2, 0) is 12.8 Å². The van der Waals surface area contributed by atoms with Crippen LogP contribution in [0.4, 0.5) is 11.4 Å². The van der Waals surface area contributed by atoms with Crippen LogP contribution in [0, 0.1) is 0 Å². The summed E-state index contributed by atoms with van der Waals surface area (Å²) < 4.78 is 0. The van der Waals surface area contributed by atoms with Crippen molar-refractivity contribution in [3.63, 3.8) is 0 Å². The molecule has 0 bridgehead atoms. The molecule has 2 aromatic rings. The normalized spacial score (nSPS) is 10.2. The lowest BCUT2D eigenvalue weighted by atomic mass is 10.1. The van der Waals surface area contributed by atoms with Gasteiger partial charge in [0, 0.05) is 11.9 Å². The molecular weight excluding hydrogens is 198 g/mol. The van der Waals surface area contributed by atoms with E-state index in [0.717, 1.165) is 18.5 Å². The van der Waals surface area contributed by atoms with Gasteiger partial charge in [-0.15, -0.1) is 0 Å².